The maximum absolute atomic E-state index is 12.9. The number of aromatic amines is 1. The average molecular weight is 420 g/mol. The molecule has 7 nitrogen and oxygen atoms in total. The number of ether oxygens (including phenoxy) is 2. The molecule has 0 unspecified atom stereocenters. The summed E-state index contributed by atoms with van der Waals surface area (Å²) in [6.45, 7) is 5.00. The lowest BCUT2D eigenvalue weighted by Crippen LogP contribution is -2.19. The van der Waals surface area contributed by atoms with Gasteiger partial charge in [-0.1, -0.05) is 30.3 Å². The maximum Gasteiger partial charge on any atom is 0.340 e. The van der Waals surface area contributed by atoms with Gasteiger partial charge >= 0.3 is 5.97 Å². The smallest absolute Gasteiger partial charge is 0.340 e. The molecule has 0 atom stereocenters. The average Bonchev–Trinajstić information content (AvgIpc) is 3.07. The number of para-hydroxylation sites is 2. The summed E-state index contributed by atoms with van der Waals surface area (Å²) < 4.78 is 10.8. The highest BCUT2D eigenvalue weighted by Crippen LogP contribution is 2.23. The van der Waals surface area contributed by atoms with E-state index in [1.165, 1.54) is 0 Å². The third kappa shape index (κ3) is 5.01. The van der Waals surface area contributed by atoms with Crippen LogP contribution < -0.4 is 10.1 Å². The Morgan fingerprint density at radius 3 is 2.26 bits per heavy atom. The maximum atomic E-state index is 12.9. The Bertz CT molecular complexity index is 1100. The number of ketones is 1. The molecule has 3 aromatic rings. The van der Waals surface area contributed by atoms with Crippen LogP contribution in [0.4, 0.5) is 5.69 Å². The minimum absolute atomic E-state index is 0.205. The third-order valence-corrected chi connectivity index (χ3v) is 4.66. The topological polar surface area (TPSA) is 97.5 Å². The molecular weight excluding hydrogens is 396 g/mol. The Morgan fingerprint density at radius 2 is 1.55 bits per heavy atom. The Balaban J connectivity index is 1.78. The summed E-state index contributed by atoms with van der Waals surface area (Å²) in [4.78, 5) is 40.9. The van der Waals surface area contributed by atoms with Gasteiger partial charge in [-0.3, -0.25) is 9.59 Å². The molecule has 0 fully saturated rings. The third-order valence-electron chi connectivity index (χ3n) is 4.66. The summed E-state index contributed by atoms with van der Waals surface area (Å²) in [6, 6.07) is 15.7. The zero-order valence-corrected chi connectivity index (χ0v) is 17.7. The number of esters is 1. The molecule has 0 aliphatic rings. The fourth-order valence-corrected chi connectivity index (χ4v) is 3.30. The van der Waals surface area contributed by atoms with Crippen LogP contribution in [0.1, 0.15) is 49.4 Å². The highest BCUT2D eigenvalue weighted by Gasteiger charge is 2.26. The van der Waals surface area contributed by atoms with Gasteiger partial charge in [-0.05, 0) is 45.0 Å². The Labute approximate surface area is 180 Å². The van der Waals surface area contributed by atoms with Crippen molar-refractivity contribution in [3.63, 3.8) is 0 Å². The number of aromatic nitrogens is 1. The minimum Gasteiger partial charge on any atom is -0.485 e. The lowest BCUT2D eigenvalue weighted by molar-refractivity contribution is 0.0522. The number of anilines is 1. The Morgan fingerprint density at radius 1 is 0.903 bits per heavy atom. The summed E-state index contributed by atoms with van der Waals surface area (Å²) in [6.07, 6.45) is 0. The van der Waals surface area contributed by atoms with Crippen LogP contribution in [0, 0.1) is 13.8 Å². The Hall–Kier alpha value is -3.87. The van der Waals surface area contributed by atoms with Crippen molar-refractivity contribution >= 4 is 23.3 Å². The lowest BCUT2D eigenvalue weighted by atomic mass is 10.1. The van der Waals surface area contributed by atoms with Gasteiger partial charge in [0.25, 0.3) is 5.91 Å². The SMILES string of the molecule is CCOC(=O)c1c(C)[nH]c(C)c1C(=O)COc1ccccc1C(=O)Nc1ccccc1. The first kappa shape index (κ1) is 21.8. The van der Waals surface area contributed by atoms with Gasteiger partial charge in [-0.25, -0.2) is 4.79 Å². The van der Waals surface area contributed by atoms with Gasteiger partial charge in [0.05, 0.1) is 23.3 Å². The summed E-state index contributed by atoms with van der Waals surface area (Å²) >= 11 is 0. The van der Waals surface area contributed by atoms with Crippen LogP contribution in [0.25, 0.3) is 0 Å². The van der Waals surface area contributed by atoms with E-state index >= 15 is 0 Å². The molecular formula is C24H24N2O5. The van der Waals surface area contributed by atoms with Crippen molar-refractivity contribution in [2.75, 3.05) is 18.5 Å². The fourth-order valence-electron chi connectivity index (χ4n) is 3.30. The predicted molar refractivity (Wildman–Crippen MR) is 117 cm³/mol. The molecule has 0 spiro atoms. The number of hydrogen-bond acceptors (Lipinski definition) is 5. The summed E-state index contributed by atoms with van der Waals surface area (Å²) in [5.41, 5.74) is 2.51. The van der Waals surface area contributed by atoms with Crippen molar-refractivity contribution in [1.82, 2.24) is 4.98 Å². The zero-order chi connectivity index (χ0) is 22.4. The van der Waals surface area contributed by atoms with E-state index in [4.69, 9.17) is 9.47 Å². The van der Waals surface area contributed by atoms with Crippen LogP contribution in [0.5, 0.6) is 5.75 Å². The molecule has 7 heteroatoms. The molecule has 2 aromatic carbocycles. The lowest BCUT2D eigenvalue weighted by Gasteiger charge is -2.12. The van der Waals surface area contributed by atoms with Gasteiger partial charge < -0.3 is 19.8 Å². The van der Waals surface area contributed by atoms with Gasteiger partial charge in [0.15, 0.2) is 6.61 Å². The number of nitrogens with one attached hydrogen (secondary N) is 2. The van der Waals surface area contributed by atoms with Crippen LogP contribution >= 0.6 is 0 Å². The molecule has 1 amide bonds. The van der Waals surface area contributed by atoms with E-state index in [1.807, 2.05) is 18.2 Å². The molecule has 31 heavy (non-hydrogen) atoms. The zero-order valence-electron chi connectivity index (χ0n) is 17.7. The quantitative estimate of drug-likeness (QED) is 0.418. The molecule has 160 valence electrons. The molecule has 1 aromatic heterocycles. The molecule has 0 aliphatic heterocycles. The number of aryl methyl sites for hydroxylation is 2. The monoisotopic (exact) mass is 420 g/mol. The number of hydrogen-bond donors (Lipinski definition) is 2. The van der Waals surface area contributed by atoms with E-state index in [1.54, 1.807) is 57.2 Å². The number of Topliss-reactive ketones (excluding diaryl/α,β-unsaturated/α-hetero) is 1. The summed E-state index contributed by atoms with van der Waals surface area (Å²) in [5.74, 6) is -1.03. The molecule has 0 bridgehead atoms. The van der Waals surface area contributed by atoms with Crippen molar-refractivity contribution in [3.05, 3.63) is 82.7 Å². The molecule has 0 aliphatic carbocycles. The van der Waals surface area contributed by atoms with Crippen LogP contribution in [0.2, 0.25) is 0 Å². The molecule has 2 N–H and O–H groups in total. The van der Waals surface area contributed by atoms with E-state index in [0.717, 1.165) is 0 Å². The highest BCUT2D eigenvalue weighted by molar-refractivity contribution is 6.09. The van der Waals surface area contributed by atoms with Crippen LogP contribution in [-0.2, 0) is 4.74 Å². The second-order valence-electron chi connectivity index (χ2n) is 6.87. The van der Waals surface area contributed by atoms with Crippen LogP contribution in [-0.4, -0.2) is 35.9 Å². The Kier molecular flexibility index (Phi) is 6.87. The number of rotatable bonds is 8. The van der Waals surface area contributed by atoms with E-state index in [0.29, 0.717) is 22.6 Å². The van der Waals surface area contributed by atoms with Gasteiger partial charge in [-0.2, -0.15) is 0 Å². The normalized spacial score (nSPS) is 10.4. The first-order chi connectivity index (χ1) is 14.9. The van der Waals surface area contributed by atoms with Crippen molar-refractivity contribution in [2.45, 2.75) is 20.8 Å². The summed E-state index contributed by atoms with van der Waals surface area (Å²) in [5, 5.41) is 2.80. The van der Waals surface area contributed by atoms with Gasteiger partial charge in [-0.15, -0.1) is 0 Å². The van der Waals surface area contributed by atoms with Crippen molar-refractivity contribution < 1.29 is 23.9 Å². The van der Waals surface area contributed by atoms with Crippen molar-refractivity contribution in [2.24, 2.45) is 0 Å². The molecule has 0 saturated carbocycles. The molecule has 0 saturated heterocycles. The van der Waals surface area contributed by atoms with Crippen molar-refractivity contribution in [1.29, 1.82) is 0 Å². The van der Waals surface area contributed by atoms with Gasteiger partial charge in [0.2, 0.25) is 5.78 Å². The molecule has 3 rings (SSSR count). The number of carbonyl (C=O) groups is 3. The minimum atomic E-state index is -0.560. The van der Waals surface area contributed by atoms with Gasteiger partial charge in [0, 0.05) is 17.1 Å². The predicted octanol–water partition coefficient (Wildman–Crippen LogP) is 4.32. The first-order valence-electron chi connectivity index (χ1n) is 9.90. The fraction of sp³-hybridized carbons (Fsp3) is 0.208. The van der Waals surface area contributed by atoms with Crippen LogP contribution in [0.3, 0.4) is 0 Å². The molecule has 0 radical (unpaired) electrons. The largest absolute Gasteiger partial charge is 0.485 e. The number of benzene rings is 2. The second kappa shape index (κ2) is 9.75. The van der Waals surface area contributed by atoms with E-state index in [9.17, 15) is 14.4 Å². The van der Waals surface area contributed by atoms with E-state index < -0.39 is 5.97 Å². The number of carbonyl (C=O) groups excluding carboxylic acids is 3. The molecule has 1 heterocycles. The van der Waals surface area contributed by atoms with Gasteiger partial charge in [0.1, 0.15) is 5.75 Å². The van der Waals surface area contributed by atoms with Crippen molar-refractivity contribution in [3.8, 4) is 5.75 Å². The first-order valence-corrected chi connectivity index (χ1v) is 9.90. The number of amides is 1. The summed E-state index contributed by atoms with van der Waals surface area (Å²) in [7, 11) is 0. The number of H-pyrrole nitrogens is 1. The van der Waals surface area contributed by atoms with E-state index in [-0.39, 0.29) is 41.8 Å². The van der Waals surface area contributed by atoms with E-state index in [2.05, 4.69) is 10.3 Å². The second-order valence-corrected chi connectivity index (χ2v) is 6.87. The highest BCUT2D eigenvalue weighted by atomic mass is 16.5. The van der Waals surface area contributed by atoms with Crippen LogP contribution in [0.15, 0.2) is 54.6 Å². The standard InChI is InChI=1S/C24H24N2O5/c1-4-30-24(29)22-16(3)25-15(2)21(22)19(27)14-31-20-13-9-8-12-18(20)23(28)26-17-10-6-5-7-11-17/h5-13,25H,4,14H2,1-3H3,(H,26,28).